The molecule has 0 amide bonds. The van der Waals surface area contributed by atoms with Crippen molar-refractivity contribution in [3.8, 4) is 5.88 Å². The number of rotatable bonds is 3. The first kappa shape index (κ1) is 10.9. The largest absolute Gasteiger partial charge is 0.481 e. The first-order valence-electron chi connectivity index (χ1n) is 5.29. The molecule has 0 saturated heterocycles. The molecule has 84 valence electrons. The van der Waals surface area contributed by atoms with Crippen LogP contribution in [0.5, 0.6) is 5.88 Å². The van der Waals surface area contributed by atoms with Crippen molar-refractivity contribution >= 4 is 11.6 Å². The Morgan fingerprint density at radius 1 is 1.31 bits per heavy atom. The molecule has 0 unspecified atom stereocenters. The molecule has 0 radical (unpaired) electrons. The summed E-state index contributed by atoms with van der Waals surface area (Å²) >= 11 is 0. The highest BCUT2D eigenvalue weighted by Gasteiger charge is 2.12. The summed E-state index contributed by atoms with van der Waals surface area (Å²) in [5.41, 5.74) is 3.34. The molecule has 16 heavy (non-hydrogen) atoms. The molecule has 1 aliphatic carbocycles. The number of allylic oxidation sites excluding steroid dienone is 2. The number of pyridine rings is 1. The number of likely N-dealkylation sites (N-methyl/N-ethyl adjacent to an activating group) is 1. The van der Waals surface area contributed by atoms with E-state index >= 15 is 0 Å². The van der Waals surface area contributed by atoms with Gasteiger partial charge in [0.1, 0.15) is 0 Å². The fraction of sp³-hybridized carbons (Fsp3) is 0.308. The van der Waals surface area contributed by atoms with Gasteiger partial charge >= 0.3 is 0 Å². The molecule has 3 heteroatoms. The molecule has 0 aliphatic heterocycles. The maximum absolute atomic E-state index is 5.14. The molecule has 0 fully saturated rings. The van der Waals surface area contributed by atoms with Gasteiger partial charge in [0, 0.05) is 18.2 Å². The highest BCUT2D eigenvalue weighted by atomic mass is 16.5. The second-order valence-electron chi connectivity index (χ2n) is 4.05. The predicted molar refractivity (Wildman–Crippen MR) is 66.4 cm³/mol. The minimum atomic E-state index is 0.665. The summed E-state index contributed by atoms with van der Waals surface area (Å²) in [5.74, 6) is 0.665. The second-order valence-corrected chi connectivity index (χ2v) is 4.05. The fourth-order valence-corrected chi connectivity index (χ4v) is 1.64. The quantitative estimate of drug-likeness (QED) is 0.773. The Morgan fingerprint density at radius 2 is 2.12 bits per heavy atom. The van der Waals surface area contributed by atoms with Gasteiger partial charge in [0.05, 0.1) is 12.8 Å². The third-order valence-corrected chi connectivity index (χ3v) is 2.50. The van der Waals surface area contributed by atoms with Crippen LogP contribution in [0.3, 0.4) is 0 Å². The van der Waals surface area contributed by atoms with Crippen molar-refractivity contribution in [2.24, 2.45) is 0 Å². The molecule has 1 heterocycles. The van der Waals surface area contributed by atoms with Crippen LogP contribution in [-0.2, 0) is 0 Å². The van der Waals surface area contributed by atoms with Crippen molar-refractivity contribution in [1.82, 2.24) is 9.88 Å². The number of nitrogens with zero attached hydrogens (tertiary/aromatic N) is 2. The summed E-state index contributed by atoms with van der Waals surface area (Å²) in [7, 11) is 5.74. The van der Waals surface area contributed by atoms with Gasteiger partial charge in [-0.25, -0.2) is 4.98 Å². The fourth-order valence-electron chi connectivity index (χ4n) is 1.64. The van der Waals surface area contributed by atoms with Gasteiger partial charge in [-0.05, 0) is 25.7 Å². The standard InChI is InChI=1S/C13H16N2O/c1-15(2)9-8-11-5-4-10-6-7-12(16-3)14-13(10)11/h4-8H,9H2,1-3H3/b11-8+. The van der Waals surface area contributed by atoms with Crippen LogP contribution in [0.25, 0.3) is 11.6 Å². The summed E-state index contributed by atoms with van der Waals surface area (Å²) in [6, 6.07) is 3.92. The Kier molecular flexibility index (Phi) is 3.06. The maximum atomic E-state index is 5.14. The van der Waals surface area contributed by atoms with Gasteiger partial charge < -0.3 is 9.64 Å². The van der Waals surface area contributed by atoms with E-state index in [2.05, 4.69) is 42.2 Å². The molecule has 3 nitrogen and oxygen atoms in total. The number of fused-ring (bicyclic) bond motifs is 1. The molecule has 0 saturated carbocycles. The van der Waals surface area contributed by atoms with Crippen molar-refractivity contribution < 1.29 is 4.74 Å². The lowest BCUT2D eigenvalue weighted by atomic mass is 10.1. The highest BCUT2D eigenvalue weighted by Crippen LogP contribution is 2.28. The van der Waals surface area contributed by atoms with Crippen LogP contribution < -0.4 is 4.74 Å². The van der Waals surface area contributed by atoms with E-state index < -0.39 is 0 Å². The van der Waals surface area contributed by atoms with Crippen LogP contribution in [0, 0.1) is 0 Å². The maximum Gasteiger partial charge on any atom is 0.213 e. The van der Waals surface area contributed by atoms with Crippen LogP contribution in [-0.4, -0.2) is 37.6 Å². The van der Waals surface area contributed by atoms with E-state index in [4.69, 9.17) is 4.74 Å². The van der Waals surface area contributed by atoms with Gasteiger partial charge in [-0.1, -0.05) is 18.2 Å². The SMILES string of the molecule is COc1ccc2c(n1)/C(=C/CN(C)C)C=C2. The van der Waals surface area contributed by atoms with Gasteiger partial charge in [0.2, 0.25) is 5.88 Å². The Hall–Kier alpha value is -1.61. The number of methoxy groups -OCH3 is 1. The first-order chi connectivity index (χ1) is 7.70. The second kappa shape index (κ2) is 4.49. The van der Waals surface area contributed by atoms with Crippen LogP contribution in [0.2, 0.25) is 0 Å². The van der Waals surface area contributed by atoms with Crippen molar-refractivity contribution in [3.05, 3.63) is 35.5 Å². The Labute approximate surface area is 96.1 Å². The van der Waals surface area contributed by atoms with E-state index in [9.17, 15) is 0 Å². The van der Waals surface area contributed by atoms with Gasteiger partial charge in [-0.15, -0.1) is 0 Å². The lowest BCUT2D eigenvalue weighted by Gasteiger charge is -2.07. The number of aromatic nitrogens is 1. The molecule has 0 atom stereocenters. The Morgan fingerprint density at radius 3 is 2.81 bits per heavy atom. The van der Waals surface area contributed by atoms with Crippen LogP contribution in [0.1, 0.15) is 11.3 Å². The van der Waals surface area contributed by atoms with Gasteiger partial charge in [-0.2, -0.15) is 0 Å². The number of hydrogen-bond donors (Lipinski definition) is 0. The van der Waals surface area contributed by atoms with Crippen molar-refractivity contribution in [2.45, 2.75) is 0 Å². The molecular weight excluding hydrogens is 200 g/mol. The van der Waals surface area contributed by atoms with Gasteiger partial charge in [0.15, 0.2) is 0 Å². The van der Waals surface area contributed by atoms with E-state index in [0.717, 1.165) is 17.8 Å². The molecule has 1 aromatic heterocycles. The molecular formula is C13H16N2O. The van der Waals surface area contributed by atoms with E-state index in [-0.39, 0.29) is 0 Å². The van der Waals surface area contributed by atoms with Gasteiger partial charge in [0.25, 0.3) is 0 Å². The van der Waals surface area contributed by atoms with Crippen LogP contribution in [0.15, 0.2) is 24.3 Å². The zero-order chi connectivity index (χ0) is 11.5. The summed E-state index contributed by atoms with van der Waals surface area (Å²) in [6.07, 6.45) is 6.36. The predicted octanol–water partition coefficient (Wildman–Crippen LogP) is 2.06. The van der Waals surface area contributed by atoms with E-state index in [1.54, 1.807) is 7.11 Å². The van der Waals surface area contributed by atoms with Crippen LogP contribution >= 0.6 is 0 Å². The Balaban J connectivity index is 2.30. The highest BCUT2D eigenvalue weighted by molar-refractivity contribution is 5.88. The summed E-state index contributed by atoms with van der Waals surface area (Å²) in [5, 5.41) is 0. The third kappa shape index (κ3) is 2.14. The number of ether oxygens (including phenoxy) is 1. The van der Waals surface area contributed by atoms with E-state index in [1.165, 1.54) is 5.57 Å². The molecule has 0 N–H and O–H groups in total. The molecule has 0 aromatic carbocycles. The molecule has 0 spiro atoms. The van der Waals surface area contributed by atoms with Crippen LogP contribution in [0.4, 0.5) is 0 Å². The summed E-state index contributed by atoms with van der Waals surface area (Å²) in [6.45, 7) is 0.915. The third-order valence-electron chi connectivity index (χ3n) is 2.50. The van der Waals surface area contributed by atoms with Crippen molar-refractivity contribution in [3.63, 3.8) is 0 Å². The van der Waals surface area contributed by atoms with Crippen molar-refractivity contribution in [2.75, 3.05) is 27.7 Å². The molecule has 0 bridgehead atoms. The molecule has 1 aromatic rings. The molecule has 1 aliphatic rings. The minimum absolute atomic E-state index is 0.665. The minimum Gasteiger partial charge on any atom is -0.481 e. The normalized spacial score (nSPS) is 15.9. The average molecular weight is 216 g/mol. The first-order valence-corrected chi connectivity index (χ1v) is 5.29. The zero-order valence-electron chi connectivity index (χ0n) is 9.90. The Bertz CT molecular complexity index is 447. The monoisotopic (exact) mass is 216 g/mol. The lowest BCUT2D eigenvalue weighted by molar-refractivity contribution is 0.397. The van der Waals surface area contributed by atoms with E-state index in [0.29, 0.717) is 5.88 Å². The molecule has 2 rings (SSSR count). The number of hydrogen-bond acceptors (Lipinski definition) is 3. The zero-order valence-corrected chi connectivity index (χ0v) is 9.90. The lowest BCUT2D eigenvalue weighted by Crippen LogP contribution is -2.10. The van der Waals surface area contributed by atoms with E-state index in [1.807, 2.05) is 12.1 Å². The summed E-state index contributed by atoms with van der Waals surface area (Å²) in [4.78, 5) is 6.58. The average Bonchev–Trinajstić information content (AvgIpc) is 2.68. The van der Waals surface area contributed by atoms with Crippen molar-refractivity contribution in [1.29, 1.82) is 0 Å². The van der Waals surface area contributed by atoms with Gasteiger partial charge in [-0.3, -0.25) is 0 Å². The summed E-state index contributed by atoms with van der Waals surface area (Å²) < 4.78 is 5.14. The smallest absolute Gasteiger partial charge is 0.213 e. The topological polar surface area (TPSA) is 25.4 Å².